The normalized spacial score (nSPS) is 7.09. The van der Waals surface area contributed by atoms with Crippen LogP contribution in [0, 0.1) is 0 Å². The Labute approximate surface area is 66.7 Å². The van der Waals surface area contributed by atoms with Gasteiger partial charge in [-0.05, 0) is 18.4 Å². The Hall–Kier alpha value is -1.21. The molecule has 0 bridgehead atoms. The van der Waals surface area contributed by atoms with Crippen molar-refractivity contribution in [1.29, 1.82) is 0 Å². The molecule has 0 amide bonds. The van der Waals surface area contributed by atoms with Crippen molar-refractivity contribution in [2.75, 3.05) is 0 Å². The van der Waals surface area contributed by atoms with Gasteiger partial charge in [-0.25, -0.2) is 4.79 Å². The molecule has 0 saturated heterocycles. The zero-order chi connectivity index (χ0) is 9.28. The molecule has 64 valence electrons. The highest BCUT2D eigenvalue weighted by Crippen LogP contribution is 2.00. The van der Waals surface area contributed by atoms with Gasteiger partial charge in [0, 0.05) is 0 Å². The monoisotopic (exact) mass is 158 g/mol. The number of hydrogen-bond acceptors (Lipinski definition) is 1. The molecule has 2 N–H and O–H groups in total. The van der Waals surface area contributed by atoms with Gasteiger partial charge >= 0.3 is 6.16 Å². The number of hydrogen-bond donors (Lipinski definition) is 2. The van der Waals surface area contributed by atoms with E-state index in [1.165, 1.54) is 5.57 Å². The Bertz CT molecular complexity index is 145. The van der Waals surface area contributed by atoms with E-state index in [9.17, 15) is 0 Å². The van der Waals surface area contributed by atoms with E-state index in [1.807, 2.05) is 0 Å². The third kappa shape index (κ3) is 17.7. The summed E-state index contributed by atoms with van der Waals surface area (Å²) in [7, 11) is 0. The van der Waals surface area contributed by atoms with Gasteiger partial charge in [0.25, 0.3) is 0 Å². The van der Waals surface area contributed by atoms with Crippen LogP contribution in [0.25, 0.3) is 0 Å². The van der Waals surface area contributed by atoms with Crippen LogP contribution in [0.3, 0.4) is 0 Å². The molecule has 0 radical (unpaired) electrons. The minimum Gasteiger partial charge on any atom is -0.450 e. The number of rotatable bonds is 2. The van der Waals surface area contributed by atoms with Crippen molar-refractivity contribution < 1.29 is 15.0 Å². The van der Waals surface area contributed by atoms with Gasteiger partial charge in [-0.1, -0.05) is 20.4 Å². The molecule has 0 rings (SSSR count). The van der Waals surface area contributed by atoms with Crippen LogP contribution in [-0.4, -0.2) is 16.4 Å². The van der Waals surface area contributed by atoms with E-state index in [-0.39, 0.29) is 0 Å². The minimum absolute atomic E-state index is 1.10. The molecule has 0 aromatic rings. The molecule has 0 aromatic heterocycles. The number of carboxylic acid groups (broad SMARTS) is 2. The summed E-state index contributed by atoms with van der Waals surface area (Å²) in [6.45, 7) is 7.78. The average molecular weight is 158 g/mol. The standard InChI is InChI=1S/C7H12.CH2O3/c1-4-7(5-2)6-3;2-1(3)4/h1,5-6H2,2-3H3;(H2,2,3,4). The quantitative estimate of drug-likeness (QED) is 0.607. The summed E-state index contributed by atoms with van der Waals surface area (Å²) < 4.78 is 0. The van der Waals surface area contributed by atoms with Gasteiger partial charge in [-0.15, -0.1) is 5.73 Å². The molecule has 3 nitrogen and oxygen atoms in total. The van der Waals surface area contributed by atoms with E-state index in [1.54, 1.807) is 0 Å². The third-order valence-electron chi connectivity index (χ3n) is 1.10. The fourth-order valence-electron chi connectivity index (χ4n) is 0.500. The molecule has 0 unspecified atom stereocenters. The lowest BCUT2D eigenvalue weighted by molar-refractivity contribution is 0.137. The highest BCUT2D eigenvalue weighted by molar-refractivity contribution is 5.53. The third-order valence-corrected chi connectivity index (χ3v) is 1.10. The Kier molecular flexibility index (Phi) is 9.96. The SMILES string of the molecule is C=C=C(CC)CC.O=C(O)O. The first-order valence-corrected chi connectivity index (χ1v) is 3.38. The fraction of sp³-hybridized carbons (Fsp3) is 0.500. The topological polar surface area (TPSA) is 57.5 Å². The predicted molar refractivity (Wildman–Crippen MR) is 43.9 cm³/mol. The van der Waals surface area contributed by atoms with Gasteiger partial charge in [-0.3, -0.25) is 0 Å². The van der Waals surface area contributed by atoms with Gasteiger partial charge in [0.05, 0.1) is 0 Å². The van der Waals surface area contributed by atoms with Crippen LogP contribution in [-0.2, 0) is 0 Å². The number of allylic oxidation sites excluding steroid dienone is 1. The maximum absolute atomic E-state index is 8.56. The van der Waals surface area contributed by atoms with Gasteiger partial charge in [-0.2, -0.15) is 0 Å². The lowest BCUT2D eigenvalue weighted by Crippen LogP contribution is -1.81. The summed E-state index contributed by atoms with van der Waals surface area (Å²) in [4.78, 5) is 8.56. The van der Waals surface area contributed by atoms with Crippen molar-refractivity contribution in [3.8, 4) is 0 Å². The van der Waals surface area contributed by atoms with Gasteiger partial charge in [0.15, 0.2) is 0 Å². The summed E-state index contributed by atoms with van der Waals surface area (Å²) in [6.07, 6.45) is 0.361. The van der Waals surface area contributed by atoms with Crippen molar-refractivity contribution in [2.24, 2.45) is 0 Å². The van der Waals surface area contributed by atoms with Crippen molar-refractivity contribution in [2.45, 2.75) is 26.7 Å². The van der Waals surface area contributed by atoms with Crippen LogP contribution in [0.1, 0.15) is 26.7 Å². The maximum atomic E-state index is 8.56. The molecule has 0 aliphatic carbocycles. The summed E-state index contributed by atoms with van der Waals surface area (Å²) >= 11 is 0. The second-order valence-electron chi connectivity index (χ2n) is 1.77. The first-order chi connectivity index (χ1) is 5.08. The molecule has 0 fully saturated rings. The van der Waals surface area contributed by atoms with Crippen molar-refractivity contribution in [3.05, 3.63) is 17.9 Å². The van der Waals surface area contributed by atoms with E-state index in [0.29, 0.717) is 0 Å². The lowest BCUT2D eigenvalue weighted by Gasteiger charge is -1.89. The lowest BCUT2D eigenvalue weighted by atomic mass is 10.2. The molecule has 0 aliphatic rings. The fourth-order valence-corrected chi connectivity index (χ4v) is 0.500. The van der Waals surface area contributed by atoms with E-state index < -0.39 is 6.16 Å². The Morgan fingerprint density at radius 2 is 1.64 bits per heavy atom. The average Bonchev–Trinajstić information content (AvgIpc) is 1.90. The van der Waals surface area contributed by atoms with Crippen LogP contribution in [0.15, 0.2) is 17.9 Å². The minimum atomic E-state index is -1.83. The van der Waals surface area contributed by atoms with Crippen LogP contribution in [0.4, 0.5) is 4.79 Å². The Morgan fingerprint density at radius 3 is 1.64 bits per heavy atom. The molecule has 0 atom stereocenters. The second kappa shape index (κ2) is 8.79. The molecule has 0 heterocycles. The first-order valence-electron chi connectivity index (χ1n) is 3.38. The Balaban J connectivity index is 0. The zero-order valence-electron chi connectivity index (χ0n) is 6.92. The van der Waals surface area contributed by atoms with E-state index in [2.05, 4.69) is 26.2 Å². The van der Waals surface area contributed by atoms with Crippen molar-refractivity contribution in [3.63, 3.8) is 0 Å². The van der Waals surface area contributed by atoms with Crippen LogP contribution in [0.2, 0.25) is 0 Å². The van der Waals surface area contributed by atoms with Crippen LogP contribution < -0.4 is 0 Å². The van der Waals surface area contributed by atoms with E-state index >= 15 is 0 Å². The van der Waals surface area contributed by atoms with Crippen LogP contribution in [0.5, 0.6) is 0 Å². The summed E-state index contributed by atoms with van der Waals surface area (Å²) in [5, 5.41) is 13.9. The maximum Gasteiger partial charge on any atom is 0.503 e. The molecule has 0 saturated carbocycles. The molecular weight excluding hydrogens is 144 g/mol. The smallest absolute Gasteiger partial charge is 0.450 e. The molecule has 11 heavy (non-hydrogen) atoms. The molecule has 0 aromatic carbocycles. The summed E-state index contributed by atoms with van der Waals surface area (Å²) in [5.74, 6) is 0. The number of carbonyl (C=O) groups is 1. The zero-order valence-corrected chi connectivity index (χ0v) is 6.92. The molecule has 0 aliphatic heterocycles. The van der Waals surface area contributed by atoms with Gasteiger partial charge in [0.2, 0.25) is 0 Å². The van der Waals surface area contributed by atoms with Crippen LogP contribution >= 0.6 is 0 Å². The van der Waals surface area contributed by atoms with E-state index in [0.717, 1.165) is 12.8 Å². The van der Waals surface area contributed by atoms with Crippen molar-refractivity contribution >= 4 is 6.16 Å². The van der Waals surface area contributed by atoms with Gasteiger partial charge in [0.1, 0.15) is 0 Å². The Morgan fingerprint density at radius 1 is 1.36 bits per heavy atom. The molecular formula is C8H14O3. The molecule has 0 spiro atoms. The first kappa shape index (κ1) is 12.5. The highest BCUT2D eigenvalue weighted by Gasteiger charge is 1.81. The predicted octanol–water partition coefficient (Wildman–Crippen LogP) is 2.74. The van der Waals surface area contributed by atoms with Crippen molar-refractivity contribution in [1.82, 2.24) is 0 Å². The second-order valence-corrected chi connectivity index (χ2v) is 1.77. The highest BCUT2D eigenvalue weighted by atomic mass is 16.6. The van der Waals surface area contributed by atoms with Gasteiger partial charge < -0.3 is 10.2 Å². The van der Waals surface area contributed by atoms with E-state index in [4.69, 9.17) is 15.0 Å². The largest absolute Gasteiger partial charge is 0.503 e. The summed E-state index contributed by atoms with van der Waals surface area (Å²) in [5.41, 5.74) is 4.19. The molecule has 3 heteroatoms. The summed E-state index contributed by atoms with van der Waals surface area (Å²) in [6, 6.07) is 0.